The molecule has 0 aromatic carbocycles. The zero-order chi connectivity index (χ0) is 7.28. The molecule has 0 heterocycles. The Morgan fingerprint density at radius 3 is 2.11 bits per heavy atom. The minimum atomic E-state index is 0.233. The molecule has 0 spiro atoms. The van der Waals surface area contributed by atoms with Crippen LogP contribution in [0.5, 0.6) is 0 Å². The zero-order valence-corrected chi connectivity index (χ0v) is 7.11. The topological polar surface area (TPSA) is 9.23 Å². The summed E-state index contributed by atoms with van der Waals surface area (Å²) in [6.07, 6.45) is 0.233. The van der Waals surface area contributed by atoms with Crippen molar-refractivity contribution in [3.8, 4) is 0 Å². The van der Waals surface area contributed by atoms with Crippen molar-refractivity contribution in [2.24, 2.45) is 5.92 Å². The van der Waals surface area contributed by atoms with Gasteiger partial charge in [-0.3, -0.25) is 0 Å². The Kier molecular flexibility index (Phi) is 5.21. The molecule has 0 bridgehead atoms. The summed E-state index contributed by atoms with van der Waals surface area (Å²) in [5.74, 6) is 1.13. The van der Waals surface area contributed by atoms with Crippen LogP contribution in [0.1, 0.15) is 20.8 Å². The molecule has 0 aliphatic heterocycles. The highest BCUT2D eigenvalue weighted by Crippen LogP contribution is 2.07. The van der Waals surface area contributed by atoms with E-state index in [1.807, 2.05) is 6.92 Å². The standard InChI is InChI=1S/C7H15ClO/c1-4-9-7(5-8)6(2)3/h6-7H,4-5H2,1-3H3. The molecular formula is C7H15ClO. The average molecular weight is 151 g/mol. The van der Waals surface area contributed by atoms with Gasteiger partial charge in [0.05, 0.1) is 6.10 Å². The molecule has 56 valence electrons. The Morgan fingerprint density at radius 1 is 1.44 bits per heavy atom. The molecule has 2 heteroatoms. The first kappa shape index (κ1) is 9.25. The predicted octanol–water partition coefficient (Wildman–Crippen LogP) is 2.29. The van der Waals surface area contributed by atoms with Crippen LogP contribution < -0.4 is 0 Å². The van der Waals surface area contributed by atoms with Crippen LogP contribution in [0.25, 0.3) is 0 Å². The third kappa shape index (κ3) is 3.77. The van der Waals surface area contributed by atoms with Gasteiger partial charge < -0.3 is 4.74 Å². The van der Waals surface area contributed by atoms with Gasteiger partial charge in [0.25, 0.3) is 0 Å². The fourth-order valence-corrected chi connectivity index (χ4v) is 1.07. The first-order valence-electron chi connectivity index (χ1n) is 3.40. The fraction of sp³-hybridized carbons (Fsp3) is 1.00. The van der Waals surface area contributed by atoms with Crippen molar-refractivity contribution in [1.82, 2.24) is 0 Å². The lowest BCUT2D eigenvalue weighted by Crippen LogP contribution is -2.21. The van der Waals surface area contributed by atoms with Crippen molar-refractivity contribution in [3.05, 3.63) is 0 Å². The van der Waals surface area contributed by atoms with Gasteiger partial charge in [0.2, 0.25) is 0 Å². The van der Waals surface area contributed by atoms with Crippen LogP contribution in [0.2, 0.25) is 0 Å². The highest BCUT2D eigenvalue weighted by molar-refractivity contribution is 6.18. The summed E-state index contributed by atoms with van der Waals surface area (Å²) in [7, 11) is 0. The molecule has 9 heavy (non-hydrogen) atoms. The Labute approximate surface area is 62.3 Å². The van der Waals surface area contributed by atoms with E-state index >= 15 is 0 Å². The lowest BCUT2D eigenvalue weighted by Gasteiger charge is -2.16. The van der Waals surface area contributed by atoms with Crippen LogP contribution in [0, 0.1) is 5.92 Å². The minimum absolute atomic E-state index is 0.233. The van der Waals surface area contributed by atoms with Gasteiger partial charge in [0.15, 0.2) is 0 Å². The second-order valence-corrected chi connectivity index (χ2v) is 2.70. The lowest BCUT2D eigenvalue weighted by atomic mass is 10.1. The van der Waals surface area contributed by atoms with Crippen molar-refractivity contribution >= 4 is 11.6 Å². The summed E-state index contributed by atoms with van der Waals surface area (Å²) >= 11 is 5.62. The van der Waals surface area contributed by atoms with Crippen molar-refractivity contribution in [3.63, 3.8) is 0 Å². The van der Waals surface area contributed by atoms with Crippen LogP contribution in [-0.4, -0.2) is 18.6 Å². The number of alkyl halides is 1. The number of hydrogen-bond acceptors (Lipinski definition) is 1. The molecule has 1 unspecified atom stereocenters. The molecule has 0 radical (unpaired) electrons. The average Bonchev–Trinajstić information content (AvgIpc) is 1.82. The normalized spacial score (nSPS) is 14.3. The fourth-order valence-electron chi connectivity index (χ4n) is 0.629. The molecule has 0 rings (SSSR count). The van der Waals surface area contributed by atoms with E-state index in [1.54, 1.807) is 0 Å². The van der Waals surface area contributed by atoms with E-state index in [-0.39, 0.29) is 6.10 Å². The van der Waals surface area contributed by atoms with Crippen LogP contribution in [-0.2, 0) is 4.74 Å². The molecule has 0 aliphatic carbocycles. The highest BCUT2D eigenvalue weighted by atomic mass is 35.5. The molecule has 0 amide bonds. The summed E-state index contributed by atoms with van der Waals surface area (Å²) in [4.78, 5) is 0. The molecule has 0 saturated heterocycles. The maximum atomic E-state index is 5.62. The molecular weight excluding hydrogens is 136 g/mol. The van der Waals surface area contributed by atoms with Gasteiger partial charge in [-0.1, -0.05) is 13.8 Å². The van der Waals surface area contributed by atoms with Crippen molar-refractivity contribution in [1.29, 1.82) is 0 Å². The quantitative estimate of drug-likeness (QED) is 0.559. The van der Waals surface area contributed by atoms with E-state index in [9.17, 15) is 0 Å². The van der Waals surface area contributed by atoms with Crippen molar-refractivity contribution < 1.29 is 4.74 Å². The Balaban J connectivity index is 3.41. The van der Waals surface area contributed by atoms with E-state index in [2.05, 4.69) is 13.8 Å². The van der Waals surface area contributed by atoms with Gasteiger partial charge in [0.1, 0.15) is 0 Å². The van der Waals surface area contributed by atoms with Crippen LogP contribution >= 0.6 is 11.6 Å². The number of hydrogen-bond donors (Lipinski definition) is 0. The van der Waals surface area contributed by atoms with Gasteiger partial charge >= 0.3 is 0 Å². The van der Waals surface area contributed by atoms with Gasteiger partial charge in [-0.2, -0.15) is 0 Å². The largest absolute Gasteiger partial charge is 0.377 e. The van der Waals surface area contributed by atoms with E-state index in [0.717, 1.165) is 6.61 Å². The summed E-state index contributed by atoms with van der Waals surface area (Å²) in [6.45, 7) is 6.98. The first-order valence-corrected chi connectivity index (χ1v) is 3.93. The van der Waals surface area contributed by atoms with Gasteiger partial charge in [0, 0.05) is 12.5 Å². The molecule has 0 aromatic heterocycles. The van der Waals surface area contributed by atoms with Gasteiger partial charge in [-0.25, -0.2) is 0 Å². The third-order valence-corrected chi connectivity index (χ3v) is 1.58. The van der Waals surface area contributed by atoms with E-state index in [4.69, 9.17) is 16.3 Å². The third-order valence-electron chi connectivity index (χ3n) is 1.28. The number of ether oxygens (including phenoxy) is 1. The van der Waals surface area contributed by atoms with Crippen molar-refractivity contribution in [2.45, 2.75) is 26.9 Å². The summed E-state index contributed by atoms with van der Waals surface area (Å²) in [6, 6.07) is 0. The van der Waals surface area contributed by atoms with E-state index in [0.29, 0.717) is 11.8 Å². The molecule has 0 N–H and O–H groups in total. The second-order valence-electron chi connectivity index (χ2n) is 2.39. The molecule has 0 aromatic rings. The first-order chi connectivity index (χ1) is 4.22. The number of rotatable bonds is 4. The molecule has 1 nitrogen and oxygen atoms in total. The van der Waals surface area contributed by atoms with Crippen molar-refractivity contribution in [2.75, 3.05) is 12.5 Å². The maximum Gasteiger partial charge on any atom is 0.0733 e. The van der Waals surface area contributed by atoms with Crippen LogP contribution in [0.15, 0.2) is 0 Å². The van der Waals surface area contributed by atoms with Gasteiger partial charge in [-0.15, -0.1) is 11.6 Å². The molecule has 0 fully saturated rings. The SMILES string of the molecule is CCOC(CCl)C(C)C. The Hall–Kier alpha value is 0.250. The zero-order valence-electron chi connectivity index (χ0n) is 6.36. The highest BCUT2D eigenvalue weighted by Gasteiger charge is 2.10. The predicted molar refractivity (Wildman–Crippen MR) is 41.0 cm³/mol. The summed E-state index contributed by atoms with van der Waals surface area (Å²) < 4.78 is 5.32. The smallest absolute Gasteiger partial charge is 0.0733 e. The molecule has 1 atom stereocenters. The van der Waals surface area contributed by atoms with Gasteiger partial charge in [-0.05, 0) is 12.8 Å². The summed E-state index contributed by atoms with van der Waals surface area (Å²) in [5.41, 5.74) is 0. The second kappa shape index (κ2) is 5.07. The summed E-state index contributed by atoms with van der Waals surface area (Å²) in [5, 5.41) is 0. The Bertz CT molecular complexity index is 63.9. The van der Waals surface area contributed by atoms with Crippen LogP contribution in [0.3, 0.4) is 0 Å². The lowest BCUT2D eigenvalue weighted by molar-refractivity contribution is 0.0468. The minimum Gasteiger partial charge on any atom is -0.377 e. The maximum absolute atomic E-state index is 5.62. The molecule has 0 saturated carbocycles. The van der Waals surface area contributed by atoms with Crippen LogP contribution in [0.4, 0.5) is 0 Å². The van der Waals surface area contributed by atoms with E-state index in [1.165, 1.54) is 0 Å². The van der Waals surface area contributed by atoms with E-state index < -0.39 is 0 Å². The molecule has 0 aliphatic rings. The monoisotopic (exact) mass is 150 g/mol. The Morgan fingerprint density at radius 2 is 2.00 bits per heavy atom. The number of halogens is 1.